The molecular formula is C11H20N4O. The highest BCUT2D eigenvalue weighted by Crippen LogP contribution is 2.15. The van der Waals surface area contributed by atoms with Crippen LogP contribution in [0.15, 0.2) is 6.20 Å². The van der Waals surface area contributed by atoms with E-state index in [1.165, 1.54) is 0 Å². The van der Waals surface area contributed by atoms with Crippen LogP contribution in [0.4, 0.5) is 11.8 Å². The Bertz CT molecular complexity index is 341. The molecule has 1 heterocycles. The number of anilines is 2. The quantitative estimate of drug-likeness (QED) is 0.792. The number of nitrogen functional groups attached to an aromatic ring is 1. The van der Waals surface area contributed by atoms with Crippen molar-refractivity contribution < 1.29 is 4.74 Å². The van der Waals surface area contributed by atoms with Gasteiger partial charge in [-0.3, -0.25) is 0 Å². The summed E-state index contributed by atoms with van der Waals surface area (Å²) >= 11 is 0. The van der Waals surface area contributed by atoms with Crippen LogP contribution in [-0.2, 0) is 4.74 Å². The molecule has 0 bridgehead atoms. The second-order valence-electron chi connectivity index (χ2n) is 4.21. The molecule has 3 N–H and O–H groups in total. The highest BCUT2D eigenvalue weighted by atomic mass is 16.5. The lowest BCUT2D eigenvalue weighted by atomic mass is 10.1. The van der Waals surface area contributed by atoms with Crippen molar-refractivity contribution in [2.45, 2.75) is 26.8 Å². The van der Waals surface area contributed by atoms with E-state index in [1.807, 2.05) is 6.92 Å². The van der Waals surface area contributed by atoms with Crippen LogP contribution < -0.4 is 11.1 Å². The van der Waals surface area contributed by atoms with Crippen LogP contribution in [0.2, 0.25) is 0 Å². The first-order chi connectivity index (χ1) is 7.54. The Morgan fingerprint density at radius 1 is 1.50 bits per heavy atom. The maximum atomic E-state index is 5.56. The van der Waals surface area contributed by atoms with Gasteiger partial charge in [-0.25, -0.2) is 4.98 Å². The second kappa shape index (κ2) is 5.65. The predicted octanol–water partition coefficient (Wildman–Crippen LogP) is 1.45. The molecule has 0 aliphatic heterocycles. The lowest BCUT2D eigenvalue weighted by molar-refractivity contribution is 0.171. The topological polar surface area (TPSA) is 73.1 Å². The number of methoxy groups -OCH3 is 1. The third-order valence-corrected chi connectivity index (χ3v) is 2.46. The standard InChI is InChI=1S/C11H20N4O/c1-7(2)9(6-16-4)14-10-8(3)5-13-11(12)15-10/h5,7,9H,6H2,1-4H3,(H3,12,13,14,15). The molecule has 1 aromatic heterocycles. The van der Waals surface area contributed by atoms with Crippen LogP contribution in [0.25, 0.3) is 0 Å². The summed E-state index contributed by atoms with van der Waals surface area (Å²) in [4.78, 5) is 8.11. The zero-order valence-corrected chi connectivity index (χ0v) is 10.3. The van der Waals surface area contributed by atoms with Gasteiger partial charge in [-0.2, -0.15) is 4.98 Å². The van der Waals surface area contributed by atoms with Crippen molar-refractivity contribution in [2.75, 3.05) is 24.8 Å². The Labute approximate surface area is 96.4 Å². The summed E-state index contributed by atoms with van der Waals surface area (Å²) in [5, 5.41) is 3.33. The Hall–Kier alpha value is -1.36. The zero-order chi connectivity index (χ0) is 12.1. The molecular weight excluding hydrogens is 204 g/mol. The van der Waals surface area contributed by atoms with Gasteiger partial charge in [0.25, 0.3) is 0 Å². The largest absolute Gasteiger partial charge is 0.383 e. The molecule has 0 aromatic carbocycles. The summed E-state index contributed by atoms with van der Waals surface area (Å²) in [5.41, 5.74) is 6.54. The van der Waals surface area contributed by atoms with Gasteiger partial charge in [0.2, 0.25) is 5.95 Å². The number of hydrogen-bond donors (Lipinski definition) is 2. The summed E-state index contributed by atoms with van der Waals surface area (Å²) in [6, 6.07) is 0.220. The Morgan fingerprint density at radius 3 is 2.75 bits per heavy atom. The van der Waals surface area contributed by atoms with Gasteiger partial charge < -0.3 is 15.8 Å². The first-order valence-electron chi connectivity index (χ1n) is 5.39. The van der Waals surface area contributed by atoms with E-state index in [0.717, 1.165) is 11.4 Å². The molecule has 1 aromatic rings. The van der Waals surface area contributed by atoms with E-state index in [-0.39, 0.29) is 12.0 Å². The van der Waals surface area contributed by atoms with Gasteiger partial charge in [0.05, 0.1) is 12.6 Å². The van der Waals surface area contributed by atoms with Crippen molar-refractivity contribution in [3.8, 4) is 0 Å². The van der Waals surface area contributed by atoms with Crippen LogP contribution in [0, 0.1) is 12.8 Å². The van der Waals surface area contributed by atoms with Crippen LogP contribution in [0.3, 0.4) is 0 Å². The summed E-state index contributed by atoms with van der Waals surface area (Å²) in [5.74, 6) is 1.52. The fraction of sp³-hybridized carbons (Fsp3) is 0.636. The van der Waals surface area contributed by atoms with E-state index < -0.39 is 0 Å². The van der Waals surface area contributed by atoms with Gasteiger partial charge >= 0.3 is 0 Å². The minimum absolute atomic E-state index is 0.220. The number of nitrogens with one attached hydrogen (secondary N) is 1. The molecule has 0 aliphatic carbocycles. The second-order valence-corrected chi connectivity index (χ2v) is 4.21. The van der Waals surface area contributed by atoms with Crippen LogP contribution in [0.5, 0.6) is 0 Å². The van der Waals surface area contributed by atoms with Crippen molar-refractivity contribution in [2.24, 2.45) is 5.92 Å². The van der Waals surface area contributed by atoms with Crippen LogP contribution >= 0.6 is 0 Å². The molecule has 0 fully saturated rings. The van der Waals surface area contributed by atoms with Crippen molar-refractivity contribution >= 4 is 11.8 Å². The maximum absolute atomic E-state index is 5.56. The third-order valence-electron chi connectivity index (χ3n) is 2.46. The van der Waals surface area contributed by atoms with E-state index in [2.05, 4.69) is 29.1 Å². The predicted molar refractivity (Wildman–Crippen MR) is 65.3 cm³/mol. The average Bonchev–Trinajstić information content (AvgIpc) is 2.22. The number of nitrogens with zero attached hydrogens (tertiary/aromatic N) is 2. The van der Waals surface area contributed by atoms with E-state index in [9.17, 15) is 0 Å². The highest BCUT2D eigenvalue weighted by molar-refractivity contribution is 5.45. The number of rotatable bonds is 5. The van der Waals surface area contributed by atoms with Crippen LogP contribution in [-0.4, -0.2) is 29.7 Å². The van der Waals surface area contributed by atoms with E-state index in [4.69, 9.17) is 10.5 Å². The van der Waals surface area contributed by atoms with Gasteiger partial charge in [0.15, 0.2) is 0 Å². The fourth-order valence-corrected chi connectivity index (χ4v) is 1.36. The van der Waals surface area contributed by atoms with Gasteiger partial charge in [-0.1, -0.05) is 13.8 Å². The highest BCUT2D eigenvalue weighted by Gasteiger charge is 2.14. The Balaban J connectivity index is 2.80. The molecule has 1 atom stereocenters. The molecule has 0 aliphatic rings. The van der Waals surface area contributed by atoms with Crippen LogP contribution in [0.1, 0.15) is 19.4 Å². The number of aryl methyl sites for hydroxylation is 1. The van der Waals surface area contributed by atoms with Crippen molar-refractivity contribution in [1.29, 1.82) is 0 Å². The van der Waals surface area contributed by atoms with Crippen molar-refractivity contribution in [3.05, 3.63) is 11.8 Å². The average molecular weight is 224 g/mol. The number of aromatic nitrogens is 2. The molecule has 0 amide bonds. The molecule has 5 heteroatoms. The molecule has 1 unspecified atom stereocenters. The molecule has 0 radical (unpaired) electrons. The lowest BCUT2D eigenvalue weighted by Crippen LogP contribution is -2.31. The minimum atomic E-state index is 0.220. The molecule has 0 saturated heterocycles. The van der Waals surface area contributed by atoms with E-state index >= 15 is 0 Å². The smallest absolute Gasteiger partial charge is 0.221 e. The summed E-state index contributed by atoms with van der Waals surface area (Å²) < 4.78 is 5.17. The number of ether oxygens (including phenoxy) is 1. The van der Waals surface area contributed by atoms with Crippen molar-refractivity contribution in [3.63, 3.8) is 0 Å². The molecule has 16 heavy (non-hydrogen) atoms. The Morgan fingerprint density at radius 2 is 2.19 bits per heavy atom. The van der Waals surface area contributed by atoms with Gasteiger partial charge in [-0.15, -0.1) is 0 Å². The summed E-state index contributed by atoms with van der Waals surface area (Å²) in [6.07, 6.45) is 1.72. The molecule has 90 valence electrons. The summed E-state index contributed by atoms with van der Waals surface area (Å²) in [6.45, 7) is 6.86. The molecule has 5 nitrogen and oxygen atoms in total. The van der Waals surface area contributed by atoms with Crippen molar-refractivity contribution in [1.82, 2.24) is 9.97 Å². The SMILES string of the molecule is COCC(Nc1nc(N)ncc1C)C(C)C. The summed E-state index contributed by atoms with van der Waals surface area (Å²) in [7, 11) is 1.69. The first-order valence-corrected chi connectivity index (χ1v) is 5.39. The maximum Gasteiger partial charge on any atom is 0.221 e. The molecule has 0 saturated carbocycles. The number of hydrogen-bond acceptors (Lipinski definition) is 5. The van der Waals surface area contributed by atoms with Gasteiger partial charge in [0, 0.05) is 18.9 Å². The van der Waals surface area contributed by atoms with Gasteiger partial charge in [-0.05, 0) is 12.8 Å². The van der Waals surface area contributed by atoms with E-state index in [1.54, 1.807) is 13.3 Å². The monoisotopic (exact) mass is 224 g/mol. The minimum Gasteiger partial charge on any atom is -0.383 e. The Kier molecular flexibility index (Phi) is 4.49. The first kappa shape index (κ1) is 12.7. The zero-order valence-electron chi connectivity index (χ0n) is 10.3. The van der Waals surface area contributed by atoms with E-state index in [0.29, 0.717) is 12.5 Å². The fourth-order valence-electron chi connectivity index (χ4n) is 1.36. The molecule has 0 spiro atoms. The molecule has 1 rings (SSSR count). The number of nitrogens with two attached hydrogens (primary N) is 1. The van der Waals surface area contributed by atoms with Gasteiger partial charge in [0.1, 0.15) is 5.82 Å². The lowest BCUT2D eigenvalue weighted by Gasteiger charge is -2.22. The normalized spacial score (nSPS) is 12.8. The third kappa shape index (κ3) is 3.34.